The zero-order valence-corrected chi connectivity index (χ0v) is 12.4. The Hall–Kier alpha value is -0.680. The molecule has 0 unspecified atom stereocenters. The predicted molar refractivity (Wildman–Crippen MR) is 77.0 cm³/mol. The van der Waals surface area contributed by atoms with Gasteiger partial charge in [0.1, 0.15) is 0 Å². The van der Waals surface area contributed by atoms with E-state index in [9.17, 15) is 0 Å². The average Bonchev–Trinajstić information content (AvgIpc) is 3.20. The number of rotatable bonds is 3. The first-order valence-corrected chi connectivity index (χ1v) is 7.62. The number of halogens is 1. The van der Waals surface area contributed by atoms with Crippen LogP contribution in [0.5, 0.6) is 0 Å². The van der Waals surface area contributed by atoms with Crippen molar-refractivity contribution in [3.05, 3.63) is 21.5 Å². The lowest BCUT2D eigenvalue weighted by molar-refractivity contribution is 0.372. The Morgan fingerprint density at radius 3 is 2.94 bits per heavy atom. The van der Waals surface area contributed by atoms with Crippen LogP contribution in [0.1, 0.15) is 25.7 Å². The van der Waals surface area contributed by atoms with Gasteiger partial charge in [-0.3, -0.25) is 0 Å². The van der Waals surface area contributed by atoms with Gasteiger partial charge < -0.3 is 9.55 Å². The Balaban J connectivity index is 1.80. The molecule has 0 aromatic carbocycles. The Bertz CT molecular complexity index is 679. The van der Waals surface area contributed by atoms with Crippen molar-refractivity contribution >= 4 is 39.3 Å². The van der Waals surface area contributed by atoms with Crippen molar-refractivity contribution in [2.24, 2.45) is 11.3 Å². The zero-order chi connectivity index (χ0) is 12.3. The van der Waals surface area contributed by atoms with E-state index in [0.717, 1.165) is 32.9 Å². The number of imidazole rings is 1. The van der Waals surface area contributed by atoms with Crippen LogP contribution < -0.4 is 0 Å². The van der Waals surface area contributed by atoms with Gasteiger partial charge in [-0.15, -0.1) is 0 Å². The van der Waals surface area contributed by atoms with Crippen LogP contribution in [0.4, 0.5) is 0 Å². The molecule has 94 valence electrons. The predicted octanol–water partition coefficient (Wildman–Crippen LogP) is 4.05. The Morgan fingerprint density at radius 1 is 1.50 bits per heavy atom. The van der Waals surface area contributed by atoms with Gasteiger partial charge in [0.15, 0.2) is 10.4 Å². The molecule has 2 saturated carbocycles. The number of fused-ring (bicyclic) bond motifs is 1. The Kier molecular flexibility index (Phi) is 2.28. The van der Waals surface area contributed by atoms with Crippen LogP contribution in [0.2, 0.25) is 0 Å². The summed E-state index contributed by atoms with van der Waals surface area (Å²) in [6, 6.07) is 2.05. The summed E-state index contributed by atoms with van der Waals surface area (Å²) < 4.78 is 3.99. The summed E-state index contributed by atoms with van der Waals surface area (Å²) >= 11 is 8.90. The second kappa shape index (κ2) is 3.67. The molecule has 0 bridgehead atoms. The molecule has 0 radical (unpaired) electrons. The monoisotopic (exact) mass is 323 g/mol. The highest BCUT2D eigenvalue weighted by molar-refractivity contribution is 9.10. The second-order valence-electron chi connectivity index (χ2n) is 5.68. The number of H-pyrrole nitrogens is 1. The minimum absolute atomic E-state index is 0.544. The number of aromatic amines is 1. The van der Waals surface area contributed by atoms with Crippen molar-refractivity contribution in [1.82, 2.24) is 14.5 Å². The number of nitrogens with zero attached hydrogens (tertiary/aromatic N) is 2. The largest absolute Gasteiger partial charge is 0.329 e. The van der Waals surface area contributed by atoms with E-state index >= 15 is 0 Å². The first-order valence-electron chi connectivity index (χ1n) is 6.42. The molecule has 2 aromatic heterocycles. The SMILES string of the molecule is S=c1[nH]c2cc(Br)cnc2n1CC1(C2CC2)CC1. The molecule has 18 heavy (non-hydrogen) atoms. The fourth-order valence-electron chi connectivity index (χ4n) is 3.03. The van der Waals surface area contributed by atoms with Crippen LogP contribution in [-0.4, -0.2) is 14.5 Å². The highest BCUT2D eigenvalue weighted by Gasteiger charge is 2.53. The lowest BCUT2D eigenvalue weighted by atomic mass is 10.0. The van der Waals surface area contributed by atoms with Gasteiger partial charge in [0.2, 0.25) is 0 Å². The molecule has 3 nitrogen and oxygen atoms in total. The number of hydrogen-bond donors (Lipinski definition) is 1. The van der Waals surface area contributed by atoms with Crippen LogP contribution in [0.3, 0.4) is 0 Å². The van der Waals surface area contributed by atoms with Crippen molar-refractivity contribution in [3.8, 4) is 0 Å². The lowest BCUT2D eigenvalue weighted by Crippen LogP contribution is -2.14. The number of nitrogens with one attached hydrogen (secondary N) is 1. The maximum atomic E-state index is 5.45. The Morgan fingerprint density at radius 2 is 2.28 bits per heavy atom. The van der Waals surface area contributed by atoms with Gasteiger partial charge in [0.25, 0.3) is 0 Å². The summed E-state index contributed by atoms with van der Waals surface area (Å²) in [5.74, 6) is 0.944. The topological polar surface area (TPSA) is 33.6 Å². The summed E-state index contributed by atoms with van der Waals surface area (Å²) in [6.45, 7) is 1.05. The third-order valence-corrected chi connectivity index (χ3v) is 5.14. The summed E-state index contributed by atoms with van der Waals surface area (Å²) in [4.78, 5) is 7.77. The van der Waals surface area contributed by atoms with Gasteiger partial charge in [0.05, 0.1) is 5.52 Å². The van der Waals surface area contributed by atoms with Crippen LogP contribution in [0, 0.1) is 16.1 Å². The van der Waals surface area contributed by atoms with Crippen molar-refractivity contribution in [1.29, 1.82) is 0 Å². The highest BCUT2D eigenvalue weighted by Crippen LogP contribution is 2.62. The first-order chi connectivity index (χ1) is 8.68. The zero-order valence-electron chi connectivity index (χ0n) is 9.95. The minimum Gasteiger partial charge on any atom is -0.329 e. The maximum absolute atomic E-state index is 5.45. The van der Waals surface area contributed by atoms with Gasteiger partial charge in [-0.1, -0.05) is 0 Å². The second-order valence-corrected chi connectivity index (χ2v) is 6.98. The normalized spacial score (nSPS) is 21.4. The lowest BCUT2D eigenvalue weighted by Gasteiger charge is -2.14. The van der Waals surface area contributed by atoms with Crippen LogP contribution in [-0.2, 0) is 6.54 Å². The van der Waals surface area contributed by atoms with Gasteiger partial charge in [-0.2, -0.15) is 0 Å². The molecule has 2 aliphatic rings. The molecule has 2 aliphatic carbocycles. The van der Waals surface area contributed by atoms with E-state index in [1.54, 1.807) is 0 Å². The third-order valence-electron chi connectivity index (χ3n) is 4.38. The molecule has 4 rings (SSSR count). The van der Waals surface area contributed by atoms with Crippen LogP contribution in [0.15, 0.2) is 16.7 Å². The first kappa shape index (κ1) is 11.2. The van der Waals surface area contributed by atoms with Crippen molar-refractivity contribution in [2.75, 3.05) is 0 Å². The van der Waals surface area contributed by atoms with Crippen LogP contribution in [0.25, 0.3) is 11.2 Å². The summed E-state index contributed by atoms with van der Waals surface area (Å²) in [5.41, 5.74) is 2.57. The van der Waals surface area contributed by atoms with Crippen molar-refractivity contribution in [2.45, 2.75) is 32.2 Å². The molecule has 0 spiro atoms. The van der Waals surface area contributed by atoms with Gasteiger partial charge >= 0.3 is 0 Å². The molecular weight excluding hydrogens is 310 g/mol. The number of aromatic nitrogens is 3. The quantitative estimate of drug-likeness (QED) is 0.864. The number of hydrogen-bond acceptors (Lipinski definition) is 2. The Labute approximate surface area is 119 Å². The summed E-state index contributed by atoms with van der Waals surface area (Å²) in [6.07, 6.45) is 7.40. The van der Waals surface area contributed by atoms with Gasteiger partial charge in [-0.05, 0) is 71.2 Å². The molecule has 0 aliphatic heterocycles. The van der Waals surface area contributed by atoms with E-state index in [1.807, 2.05) is 12.3 Å². The third kappa shape index (κ3) is 1.67. The van der Waals surface area contributed by atoms with Crippen molar-refractivity contribution < 1.29 is 0 Å². The molecule has 0 amide bonds. The highest BCUT2D eigenvalue weighted by atomic mass is 79.9. The maximum Gasteiger partial charge on any atom is 0.179 e. The smallest absolute Gasteiger partial charge is 0.179 e. The van der Waals surface area contributed by atoms with E-state index < -0.39 is 0 Å². The molecule has 2 fully saturated rings. The molecule has 2 heterocycles. The fourth-order valence-corrected chi connectivity index (χ4v) is 3.62. The van der Waals surface area contributed by atoms with Gasteiger partial charge in [-0.25, -0.2) is 4.98 Å². The van der Waals surface area contributed by atoms with Crippen molar-refractivity contribution in [3.63, 3.8) is 0 Å². The summed E-state index contributed by atoms with van der Waals surface area (Å²) in [7, 11) is 0. The average molecular weight is 324 g/mol. The molecule has 0 saturated heterocycles. The van der Waals surface area contributed by atoms with Gasteiger partial charge in [0, 0.05) is 17.2 Å². The molecule has 0 atom stereocenters. The van der Waals surface area contributed by atoms with E-state index in [4.69, 9.17) is 12.2 Å². The fraction of sp³-hybridized carbons (Fsp3) is 0.538. The molecule has 5 heteroatoms. The van der Waals surface area contributed by atoms with E-state index in [2.05, 4.69) is 30.5 Å². The molecule has 2 aromatic rings. The minimum atomic E-state index is 0.544. The van der Waals surface area contributed by atoms with E-state index in [1.165, 1.54) is 25.7 Å². The van der Waals surface area contributed by atoms with E-state index in [-0.39, 0.29) is 0 Å². The number of pyridine rings is 1. The summed E-state index contributed by atoms with van der Waals surface area (Å²) in [5, 5.41) is 0. The standard InChI is InChI=1S/C13H14BrN3S/c14-9-5-10-11(15-6-9)17(12(18)16-10)7-13(3-4-13)8-1-2-8/h5-6,8H,1-4,7H2,(H,16,18). The molecule has 1 N–H and O–H groups in total. The molecular formula is C13H14BrN3S. The van der Waals surface area contributed by atoms with Crippen LogP contribution >= 0.6 is 28.1 Å². The van der Waals surface area contributed by atoms with E-state index in [0.29, 0.717) is 5.41 Å².